The van der Waals surface area contributed by atoms with E-state index >= 15 is 0 Å². The number of anilines is 1. The molecule has 3 aromatic rings. The Balaban J connectivity index is 1.85. The maximum absolute atomic E-state index is 13.3. The standard InChI is InChI=1S/C21H14F6N2O2/c1-12-11-28-9-8-18(12)31-19(30)29-15-5-2-13(3-6-15)16-10-14(20(22,23)24)4-7-17(16)21(25,26)27/h2-11H,1H3,(H,29,30). The van der Waals surface area contributed by atoms with Crippen LogP contribution in [0.4, 0.5) is 36.8 Å². The smallest absolute Gasteiger partial charge is 0.410 e. The summed E-state index contributed by atoms with van der Waals surface area (Å²) in [5.74, 6) is 0.267. The molecule has 0 fully saturated rings. The second kappa shape index (κ2) is 8.29. The maximum Gasteiger partial charge on any atom is 0.417 e. The molecule has 0 aliphatic rings. The quantitative estimate of drug-likeness (QED) is 0.461. The van der Waals surface area contributed by atoms with Crippen LogP contribution < -0.4 is 10.1 Å². The van der Waals surface area contributed by atoms with Gasteiger partial charge in [-0.2, -0.15) is 26.3 Å². The van der Waals surface area contributed by atoms with Gasteiger partial charge < -0.3 is 4.74 Å². The molecule has 162 valence electrons. The van der Waals surface area contributed by atoms with Gasteiger partial charge >= 0.3 is 18.4 Å². The molecule has 0 spiro atoms. The van der Waals surface area contributed by atoms with E-state index < -0.39 is 35.1 Å². The molecule has 1 heterocycles. The van der Waals surface area contributed by atoms with Crippen molar-refractivity contribution in [3.63, 3.8) is 0 Å². The normalized spacial score (nSPS) is 11.8. The summed E-state index contributed by atoms with van der Waals surface area (Å²) in [5, 5.41) is 2.39. The molecular weight excluding hydrogens is 426 g/mol. The molecule has 1 aromatic heterocycles. The highest BCUT2D eigenvalue weighted by molar-refractivity contribution is 5.87. The van der Waals surface area contributed by atoms with E-state index in [-0.39, 0.29) is 17.0 Å². The van der Waals surface area contributed by atoms with Crippen molar-refractivity contribution < 1.29 is 35.9 Å². The Morgan fingerprint density at radius 2 is 1.61 bits per heavy atom. The Morgan fingerprint density at radius 1 is 0.935 bits per heavy atom. The number of rotatable bonds is 3. The van der Waals surface area contributed by atoms with Gasteiger partial charge in [-0.3, -0.25) is 10.3 Å². The fraction of sp³-hybridized carbons (Fsp3) is 0.143. The average Bonchev–Trinajstić information content (AvgIpc) is 2.68. The predicted octanol–water partition coefficient (Wildman–Crippen LogP) is 6.71. The highest BCUT2D eigenvalue weighted by Gasteiger charge is 2.37. The highest BCUT2D eigenvalue weighted by atomic mass is 19.4. The average molecular weight is 440 g/mol. The molecule has 0 radical (unpaired) electrons. The first-order valence-electron chi connectivity index (χ1n) is 8.73. The molecule has 0 bridgehead atoms. The van der Waals surface area contributed by atoms with Gasteiger partial charge in [0.2, 0.25) is 0 Å². The number of pyridine rings is 1. The molecule has 1 amide bonds. The highest BCUT2D eigenvalue weighted by Crippen LogP contribution is 2.40. The zero-order chi connectivity index (χ0) is 22.8. The van der Waals surface area contributed by atoms with Gasteiger partial charge in [-0.15, -0.1) is 0 Å². The minimum atomic E-state index is -4.84. The third-order valence-electron chi connectivity index (χ3n) is 4.27. The Bertz CT molecular complexity index is 1090. The molecule has 3 rings (SSSR count). The number of aryl methyl sites for hydroxylation is 1. The molecule has 0 aliphatic carbocycles. The zero-order valence-electron chi connectivity index (χ0n) is 15.8. The van der Waals surface area contributed by atoms with E-state index in [1.54, 1.807) is 6.92 Å². The van der Waals surface area contributed by atoms with Gasteiger partial charge in [-0.1, -0.05) is 12.1 Å². The number of ether oxygens (including phenoxy) is 1. The fourth-order valence-corrected chi connectivity index (χ4v) is 2.76. The van der Waals surface area contributed by atoms with Crippen LogP contribution in [0.1, 0.15) is 16.7 Å². The largest absolute Gasteiger partial charge is 0.417 e. The first kappa shape index (κ1) is 22.1. The molecule has 1 N–H and O–H groups in total. The maximum atomic E-state index is 13.3. The number of nitrogens with zero attached hydrogens (tertiary/aromatic N) is 1. The number of alkyl halides is 6. The Hall–Kier alpha value is -3.56. The zero-order valence-corrected chi connectivity index (χ0v) is 15.8. The van der Waals surface area contributed by atoms with Gasteiger partial charge in [-0.05, 0) is 54.4 Å². The first-order chi connectivity index (χ1) is 14.4. The van der Waals surface area contributed by atoms with Crippen molar-refractivity contribution in [3.05, 3.63) is 77.6 Å². The third-order valence-corrected chi connectivity index (χ3v) is 4.27. The number of hydrogen-bond acceptors (Lipinski definition) is 3. The molecule has 0 unspecified atom stereocenters. The number of carbonyl (C=O) groups is 1. The van der Waals surface area contributed by atoms with E-state index in [0.29, 0.717) is 23.8 Å². The molecule has 0 atom stereocenters. The second-order valence-electron chi connectivity index (χ2n) is 6.49. The van der Waals surface area contributed by atoms with Crippen molar-refractivity contribution >= 4 is 11.8 Å². The van der Waals surface area contributed by atoms with E-state index in [1.165, 1.54) is 42.7 Å². The Labute approximate surface area is 172 Å². The van der Waals surface area contributed by atoms with Crippen molar-refractivity contribution in [3.8, 4) is 16.9 Å². The molecule has 2 aromatic carbocycles. The minimum absolute atomic E-state index is 0.0951. The summed E-state index contributed by atoms with van der Waals surface area (Å²) in [4.78, 5) is 15.9. The van der Waals surface area contributed by atoms with Crippen LogP contribution in [-0.4, -0.2) is 11.1 Å². The summed E-state index contributed by atoms with van der Waals surface area (Å²) < 4.78 is 83.9. The molecule has 0 aliphatic heterocycles. The lowest BCUT2D eigenvalue weighted by Gasteiger charge is -2.16. The molecule has 31 heavy (non-hydrogen) atoms. The van der Waals surface area contributed by atoms with Crippen molar-refractivity contribution in [1.82, 2.24) is 4.98 Å². The van der Waals surface area contributed by atoms with Crippen LogP contribution in [-0.2, 0) is 12.4 Å². The lowest BCUT2D eigenvalue weighted by Crippen LogP contribution is -2.17. The number of carbonyl (C=O) groups excluding carboxylic acids is 1. The van der Waals surface area contributed by atoms with E-state index in [2.05, 4.69) is 10.3 Å². The van der Waals surface area contributed by atoms with Gasteiger partial charge in [0.15, 0.2) is 0 Å². The summed E-state index contributed by atoms with van der Waals surface area (Å²) in [6, 6.07) is 7.59. The molecular formula is C21H14F6N2O2. The van der Waals surface area contributed by atoms with Gasteiger partial charge in [0.1, 0.15) is 5.75 Å². The van der Waals surface area contributed by atoms with Crippen molar-refractivity contribution in [2.45, 2.75) is 19.3 Å². The molecule has 0 saturated heterocycles. The molecule has 4 nitrogen and oxygen atoms in total. The van der Waals surface area contributed by atoms with Crippen LogP contribution in [0.5, 0.6) is 5.75 Å². The molecule has 10 heteroatoms. The fourth-order valence-electron chi connectivity index (χ4n) is 2.76. The van der Waals surface area contributed by atoms with Gasteiger partial charge in [0.05, 0.1) is 11.1 Å². The van der Waals surface area contributed by atoms with Crippen LogP contribution in [0.2, 0.25) is 0 Å². The van der Waals surface area contributed by atoms with Crippen LogP contribution in [0, 0.1) is 6.92 Å². The summed E-state index contributed by atoms with van der Waals surface area (Å²) in [7, 11) is 0. The summed E-state index contributed by atoms with van der Waals surface area (Å²) in [6.45, 7) is 1.68. The lowest BCUT2D eigenvalue weighted by molar-refractivity contribution is -0.141. The van der Waals surface area contributed by atoms with E-state index in [4.69, 9.17) is 4.74 Å². The summed E-state index contributed by atoms with van der Waals surface area (Å²) in [6.07, 6.45) is -7.57. The first-order valence-corrected chi connectivity index (χ1v) is 8.73. The number of amides is 1. The van der Waals surface area contributed by atoms with Crippen molar-refractivity contribution in [2.75, 3.05) is 5.32 Å². The van der Waals surface area contributed by atoms with Crippen molar-refractivity contribution in [1.29, 1.82) is 0 Å². The summed E-state index contributed by atoms with van der Waals surface area (Å²) in [5.41, 5.74) is -2.33. The predicted molar refractivity (Wildman–Crippen MR) is 101 cm³/mol. The Morgan fingerprint density at radius 3 is 2.19 bits per heavy atom. The minimum Gasteiger partial charge on any atom is -0.410 e. The van der Waals surface area contributed by atoms with Gasteiger partial charge in [-0.25, -0.2) is 4.79 Å². The topological polar surface area (TPSA) is 51.2 Å². The van der Waals surface area contributed by atoms with Crippen LogP contribution in [0.3, 0.4) is 0 Å². The number of benzene rings is 2. The number of nitrogens with one attached hydrogen (secondary N) is 1. The van der Waals surface area contributed by atoms with Gasteiger partial charge in [0.25, 0.3) is 0 Å². The summed E-state index contributed by atoms with van der Waals surface area (Å²) >= 11 is 0. The monoisotopic (exact) mass is 440 g/mol. The molecule has 0 saturated carbocycles. The number of aromatic nitrogens is 1. The lowest BCUT2D eigenvalue weighted by atomic mass is 9.96. The number of halogens is 6. The van der Waals surface area contributed by atoms with E-state index in [1.807, 2.05) is 0 Å². The van der Waals surface area contributed by atoms with Gasteiger partial charge in [0, 0.05) is 23.6 Å². The third kappa shape index (κ3) is 5.33. The SMILES string of the molecule is Cc1cnccc1OC(=O)Nc1ccc(-c2cc(C(F)(F)F)ccc2C(F)(F)F)cc1. The van der Waals surface area contributed by atoms with E-state index in [9.17, 15) is 31.1 Å². The Kier molecular flexibility index (Phi) is 5.92. The van der Waals surface area contributed by atoms with Crippen LogP contribution in [0.25, 0.3) is 11.1 Å². The number of hydrogen-bond donors (Lipinski definition) is 1. The van der Waals surface area contributed by atoms with Crippen LogP contribution >= 0.6 is 0 Å². The second-order valence-corrected chi connectivity index (χ2v) is 6.49. The van der Waals surface area contributed by atoms with E-state index in [0.717, 1.165) is 0 Å². The van der Waals surface area contributed by atoms with Crippen LogP contribution in [0.15, 0.2) is 60.9 Å². The van der Waals surface area contributed by atoms with Crippen molar-refractivity contribution in [2.24, 2.45) is 0 Å².